The first-order valence-corrected chi connectivity index (χ1v) is 5.42. The molecule has 1 aromatic rings. The number of likely N-dealkylation sites (N-methyl/N-ethyl adjacent to an activating group) is 1. The molecule has 0 heterocycles. The molecule has 0 saturated carbocycles. The van der Waals surface area contributed by atoms with Gasteiger partial charge in [-0.25, -0.2) is 0 Å². The van der Waals surface area contributed by atoms with Crippen LogP contribution in [0.15, 0.2) is 36.9 Å². The fourth-order valence-corrected chi connectivity index (χ4v) is 1.48. The topological polar surface area (TPSA) is 46.3 Å². The summed E-state index contributed by atoms with van der Waals surface area (Å²) in [7, 11) is 0. The van der Waals surface area contributed by atoms with Gasteiger partial charge in [0.1, 0.15) is 0 Å². The molecule has 0 aromatic heterocycles. The van der Waals surface area contributed by atoms with E-state index in [1.165, 1.54) is 0 Å². The highest BCUT2D eigenvalue weighted by molar-refractivity contribution is 5.94. The van der Waals surface area contributed by atoms with Gasteiger partial charge in [0.2, 0.25) is 0 Å². The zero-order valence-corrected chi connectivity index (χ0v) is 9.65. The van der Waals surface area contributed by atoms with Crippen molar-refractivity contribution >= 4 is 5.91 Å². The Hall–Kier alpha value is -1.61. The summed E-state index contributed by atoms with van der Waals surface area (Å²) in [4.78, 5) is 13.8. The molecule has 0 spiro atoms. The Kier molecular flexibility index (Phi) is 4.73. The van der Waals surface area contributed by atoms with Gasteiger partial charge in [0.15, 0.2) is 0 Å². The third-order valence-electron chi connectivity index (χ3n) is 2.46. The van der Waals surface area contributed by atoms with Gasteiger partial charge in [-0.15, -0.1) is 6.58 Å². The summed E-state index contributed by atoms with van der Waals surface area (Å²) in [5.74, 6) is 0.0333. The second kappa shape index (κ2) is 6.08. The van der Waals surface area contributed by atoms with E-state index < -0.39 is 0 Å². The molecule has 3 heteroatoms. The van der Waals surface area contributed by atoms with Crippen molar-refractivity contribution < 1.29 is 4.79 Å². The highest BCUT2D eigenvalue weighted by atomic mass is 16.2. The lowest BCUT2D eigenvalue weighted by Gasteiger charge is -2.18. The van der Waals surface area contributed by atoms with E-state index in [-0.39, 0.29) is 5.91 Å². The Morgan fingerprint density at radius 3 is 2.50 bits per heavy atom. The van der Waals surface area contributed by atoms with Crippen LogP contribution in [0, 0.1) is 0 Å². The van der Waals surface area contributed by atoms with Crippen LogP contribution in [0.4, 0.5) is 0 Å². The van der Waals surface area contributed by atoms with Crippen molar-refractivity contribution in [3.63, 3.8) is 0 Å². The normalized spacial score (nSPS) is 9.88. The van der Waals surface area contributed by atoms with E-state index in [2.05, 4.69) is 6.58 Å². The fraction of sp³-hybridized carbons (Fsp3) is 0.308. The molecule has 16 heavy (non-hydrogen) atoms. The molecule has 86 valence electrons. The van der Waals surface area contributed by atoms with E-state index in [1.54, 1.807) is 11.0 Å². The van der Waals surface area contributed by atoms with Crippen molar-refractivity contribution in [2.24, 2.45) is 5.73 Å². The van der Waals surface area contributed by atoms with Crippen molar-refractivity contribution in [2.45, 2.75) is 13.5 Å². The predicted molar refractivity (Wildman–Crippen MR) is 66.1 cm³/mol. The monoisotopic (exact) mass is 218 g/mol. The molecule has 0 saturated heterocycles. The molecule has 3 nitrogen and oxygen atoms in total. The van der Waals surface area contributed by atoms with E-state index in [1.807, 2.05) is 31.2 Å². The lowest BCUT2D eigenvalue weighted by Crippen LogP contribution is -2.30. The zero-order chi connectivity index (χ0) is 12.0. The van der Waals surface area contributed by atoms with Gasteiger partial charge in [-0.05, 0) is 24.6 Å². The molecule has 0 atom stereocenters. The van der Waals surface area contributed by atoms with Crippen LogP contribution in [0.2, 0.25) is 0 Å². The largest absolute Gasteiger partial charge is 0.335 e. The minimum absolute atomic E-state index is 0.0333. The molecular formula is C13H18N2O. The van der Waals surface area contributed by atoms with Crippen LogP contribution < -0.4 is 5.73 Å². The number of benzene rings is 1. The third-order valence-corrected chi connectivity index (χ3v) is 2.46. The van der Waals surface area contributed by atoms with Gasteiger partial charge in [-0.3, -0.25) is 4.79 Å². The molecule has 1 aromatic carbocycles. The van der Waals surface area contributed by atoms with Crippen LogP contribution in [0.1, 0.15) is 22.8 Å². The van der Waals surface area contributed by atoms with Crippen molar-refractivity contribution in [3.8, 4) is 0 Å². The summed E-state index contributed by atoms with van der Waals surface area (Å²) in [5, 5.41) is 0. The van der Waals surface area contributed by atoms with Gasteiger partial charge in [0, 0.05) is 25.2 Å². The number of rotatable bonds is 5. The summed E-state index contributed by atoms with van der Waals surface area (Å²) >= 11 is 0. The zero-order valence-electron chi connectivity index (χ0n) is 9.65. The average Bonchev–Trinajstić information content (AvgIpc) is 2.35. The molecule has 0 bridgehead atoms. The van der Waals surface area contributed by atoms with Crippen molar-refractivity contribution in [1.82, 2.24) is 4.90 Å². The molecule has 2 N–H and O–H groups in total. The Labute approximate surface area is 96.6 Å². The van der Waals surface area contributed by atoms with Crippen LogP contribution in [0.3, 0.4) is 0 Å². The van der Waals surface area contributed by atoms with Crippen LogP contribution in [0.5, 0.6) is 0 Å². The van der Waals surface area contributed by atoms with Crippen molar-refractivity contribution in [1.29, 1.82) is 0 Å². The summed E-state index contributed by atoms with van der Waals surface area (Å²) < 4.78 is 0. The predicted octanol–water partition coefficient (Wildman–Crippen LogP) is 1.79. The Balaban J connectivity index is 2.81. The molecule has 1 amide bonds. The first-order chi connectivity index (χ1) is 7.72. The van der Waals surface area contributed by atoms with Crippen LogP contribution in [-0.4, -0.2) is 23.9 Å². The Bertz CT molecular complexity index is 357. The van der Waals surface area contributed by atoms with Crippen LogP contribution in [-0.2, 0) is 6.54 Å². The number of amides is 1. The maximum Gasteiger partial charge on any atom is 0.254 e. The number of hydrogen-bond acceptors (Lipinski definition) is 2. The highest BCUT2D eigenvalue weighted by Gasteiger charge is 2.11. The number of carbonyl (C=O) groups is 1. The lowest BCUT2D eigenvalue weighted by atomic mass is 10.1. The minimum atomic E-state index is 0.0333. The van der Waals surface area contributed by atoms with E-state index in [0.29, 0.717) is 25.2 Å². The average molecular weight is 218 g/mol. The third kappa shape index (κ3) is 2.94. The standard InChI is InChI=1S/C13H18N2O/c1-3-9-15(4-2)13(16)12-7-5-11(10-14)6-8-12/h3,5-8H,1,4,9-10,14H2,2H3. The summed E-state index contributed by atoms with van der Waals surface area (Å²) in [6.07, 6.45) is 1.73. The van der Waals surface area contributed by atoms with Crippen molar-refractivity contribution in [2.75, 3.05) is 13.1 Å². The SMILES string of the molecule is C=CCN(CC)C(=O)c1ccc(CN)cc1. The molecule has 0 radical (unpaired) electrons. The second-order valence-electron chi connectivity index (χ2n) is 3.53. The van der Waals surface area contributed by atoms with Gasteiger partial charge < -0.3 is 10.6 Å². The molecule has 0 aliphatic carbocycles. The number of hydrogen-bond donors (Lipinski definition) is 1. The molecule has 0 unspecified atom stereocenters. The Morgan fingerprint density at radius 1 is 1.44 bits per heavy atom. The van der Waals surface area contributed by atoms with Crippen LogP contribution in [0.25, 0.3) is 0 Å². The lowest BCUT2D eigenvalue weighted by molar-refractivity contribution is 0.0782. The Morgan fingerprint density at radius 2 is 2.06 bits per heavy atom. The quantitative estimate of drug-likeness (QED) is 0.766. The van der Waals surface area contributed by atoms with E-state index in [0.717, 1.165) is 5.56 Å². The van der Waals surface area contributed by atoms with Gasteiger partial charge in [0.05, 0.1) is 0 Å². The molecule has 1 rings (SSSR count). The van der Waals surface area contributed by atoms with Gasteiger partial charge in [-0.1, -0.05) is 18.2 Å². The minimum Gasteiger partial charge on any atom is -0.335 e. The molecule has 0 aliphatic heterocycles. The number of carbonyl (C=O) groups excluding carboxylic acids is 1. The maximum atomic E-state index is 12.0. The molecule has 0 fully saturated rings. The summed E-state index contributed by atoms with van der Waals surface area (Å²) in [6.45, 7) is 7.36. The van der Waals surface area contributed by atoms with E-state index >= 15 is 0 Å². The van der Waals surface area contributed by atoms with Gasteiger partial charge in [0.25, 0.3) is 5.91 Å². The molecule has 0 aliphatic rings. The smallest absolute Gasteiger partial charge is 0.254 e. The first kappa shape index (κ1) is 12.5. The number of nitrogens with zero attached hydrogens (tertiary/aromatic N) is 1. The van der Waals surface area contributed by atoms with Crippen LogP contribution >= 0.6 is 0 Å². The fourth-order valence-electron chi connectivity index (χ4n) is 1.48. The van der Waals surface area contributed by atoms with Gasteiger partial charge >= 0.3 is 0 Å². The molecular weight excluding hydrogens is 200 g/mol. The summed E-state index contributed by atoms with van der Waals surface area (Å²) in [5.41, 5.74) is 7.23. The van der Waals surface area contributed by atoms with Crippen molar-refractivity contribution in [3.05, 3.63) is 48.0 Å². The highest BCUT2D eigenvalue weighted by Crippen LogP contribution is 2.07. The number of nitrogens with two attached hydrogens (primary N) is 1. The first-order valence-electron chi connectivity index (χ1n) is 5.42. The van der Waals surface area contributed by atoms with E-state index in [4.69, 9.17) is 5.73 Å². The summed E-state index contributed by atoms with van der Waals surface area (Å²) in [6, 6.07) is 7.40. The van der Waals surface area contributed by atoms with E-state index in [9.17, 15) is 4.79 Å². The van der Waals surface area contributed by atoms with Gasteiger partial charge in [-0.2, -0.15) is 0 Å². The maximum absolute atomic E-state index is 12.0. The second-order valence-corrected chi connectivity index (χ2v) is 3.53.